The molecule has 0 amide bonds. The van der Waals surface area contributed by atoms with Crippen LogP contribution in [0, 0.1) is 11.8 Å². The van der Waals surface area contributed by atoms with Crippen molar-refractivity contribution in [2.75, 3.05) is 0 Å². The Morgan fingerprint density at radius 3 is 2.79 bits per heavy atom. The van der Waals surface area contributed by atoms with Crippen LogP contribution in [-0.2, 0) is 0 Å². The standard InChI is InChI=1S/C13H25N/c1-3-5-11-8-9-12-10(2)6-4-7-13(12)14-11/h10-14H,3-9H2,1-2H3/t10-,11+,12+,13+/m1/s1. The zero-order chi connectivity index (χ0) is 9.97. The average molecular weight is 195 g/mol. The molecule has 0 bridgehead atoms. The van der Waals surface area contributed by atoms with Gasteiger partial charge in [0.2, 0.25) is 0 Å². The molecule has 2 aliphatic rings. The van der Waals surface area contributed by atoms with Crippen molar-refractivity contribution in [3.8, 4) is 0 Å². The maximum atomic E-state index is 3.89. The Hall–Kier alpha value is -0.0400. The van der Waals surface area contributed by atoms with E-state index in [0.717, 1.165) is 23.9 Å². The molecule has 1 heterocycles. The molecule has 0 aromatic heterocycles. The summed E-state index contributed by atoms with van der Waals surface area (Å²) in [6.07, 6.45) is 10.0. The highest BCUT2D eigenvalue weighted by Gasteiger charge is 2.34. The second-order valence-corrected chi connectivity index (χ2v) is 5.41. The normalized spacial score (nSPS) is 43.3. The van der Waals surface area contributed by atoms with Gasteiger partial charge in [0.15, 0.2) is 0 Å². The van der Waals surface area contributed by atoms with Crippen LogP contribution in [0.15, 0.2) is 0 Å². The molecular formula is C13H25N. The molecule has 1 saturated heterocycles. The Balaban J connectivity index is 1.89. The Labute approximate surface area is 88.7 Å². The second kappa shape index (κ2) is 4.65. The molecule has 1 heteroatoms. The maximum Gasteiger partial charge on any atom is 0.0100 e. The van der Waals surface area contributed by atoms with E-state index in [2.05, 4.69) is 19.2 Å². The number of fused-ring (bicyclic) bond motifs is 1. The number of nitrogens with one attached hydrogen (secondary N) is 1. The van der Waals surface area contributed by atoms with Gasteiger partial charge in [0.25, 0.3) is 0 Å². The van der Waals surface area contributed by atoms with Crippen molar-refractivity contribution in [3.05, 3.63) is 0 Å². The molecule has 1 N–H and O–H groups in total. The number of hydrogen-bond donors (Lipinski definition) is 1. The van der Waals surface area contributed by atoms with Crippen LogP contribution in [0.1, 0.15) is 58.8 Å². The summed E-state index contributed by atoms with van der Waals surface area (Å²) in [6.45, 7) is 4.76. The lowest BCUT2D eigenvalue weighted by Gasteiger charge is -2.44. The third kappa shape index (κ3) is 2.13. The molecule has 4 atom stereocenters. The summed E-state index contributed by atoms with van der Waals surface area (Å²) in [5.41, 5.74) is 0. The van der Waals surface area contributed by atoms with E-state index in [-0.39, 0.29) is 0 Å². The van der Waals surface area contributed by atoms with Gasteiger partial charge in [-0.25, -0.2) is 0 Å². The van der Waals surface area contributed by atoms with Gasteiger partial charge >= 0.3 is 0 Å². The van der Waals surface area contributed by atoms with Crippen molar-refractivity contribution in [3.63, 3.8) is 0 Å². The Bertz CT molecular complexity index is 178. The van der Waals surface area contributed by atoms with Crippen molar-refractivity contribution in [1.82, 2.24) is 5.32 Å². The lowest BCUT2D eigenvalue weighted by molar-refractivity contribution is 0.122. The summed E-state index contributed by atoms with van der Waals surface area (Å²) in [5, 5.41) is 3.89. The Morgan fingerprint density at radius 1 is 1.14 bits per heavy atom. The van der Waals surface area contributed by atoms with Crippen LogP contribution < -0.4 is 5.32 Å². The molecular weight excluding hydrogens is 170 g/mol. The first-order valence-corrected chi connectivity index (χ1v) is 6.57. The topological polar surface area (TPSA) is 12.0 Å². The smallest absolute Gasteiger partial charge is 0.0100 e. The monoisotopic (exact) mass is 195 g/mol. The number of piperidine rings is 1. The number of rotatable bonds is 2. The highest BCUT2D eigenvalue weighted by molar-refractivity contribution is 4.91. The van der Waals surface area contributed by atoms with E-state index in [4.69, 9.17) is 0 Å². The summed E-state index contributed by atoms with van der Waals surface area (Å²) in [6, 6.07) is 1.70. The van der Waals surface area contributed by atoms with Crippen LogP contribution in [0.5, 0.6) is 0 Å². The molecule has 0 unspecified atom stereocenters. The van der Waals surface area contributed by atoms with Gasteiger partial charge in [-0.1, -0.05) is 33.1 Å². The second-order valence-electron chi connectivity index (χ2n) is 5.41. The van der Waals surface area contributed by atoms with Crippen LogP contribution in [0.25, 0.3) is 0 Å². The molecule has 0 aromatic carbocycles. The molecule has 1 nitrogen and oxygen atoms in total. The summed E-state index contributed by atoms with van der Waals surface area (Å²) in [4.78, 5) is 0. The molecule has 1 aliphatic carbocycles. The molecule has 2 rings (SSSR count). The van der Waals surface area contributed by atoms with Crippen LogP contribution in [0.2, 0.25) is 0 Å². The van der Waals surface area contributed by atoms with Gasteiger partial charge in [-0.05, 0) is 37.5 Å². The summed E-state index contributed by atoms with van der Waals surface area (Å²) in [5.74, 6) is 1.97. The van der Waals surface area contributed by atoms with E-state index in [9.17, 15) is 0 Å². The SMILES string of the molecule is CCC[C@H]1CC[C@H]2[C@H](C)CCC[C@@H]2N1. The maximum absolute atomic E-state index is 3.89. The van der Waals surface area contributed by atoms with Crippen LogP contribution in [0.3, 0.4) is 0 Å². The predicted molar refractivity (Wildman–Crippen MR) is 61.4 cm³/mol. The number of hydrogen-bond acceptors (Lipinski definition) is 1. The summed E-state index contributed by atoms with van der Waals surface area (Å²) < 4.78 is 0. The van der Waals surface area contributed by atoms with Crippen molar-refractivity contribution in [2.24, 2.45) is 11.8 Å². The van der Waals surface area contributed by atoms with E-state index in [1.165, 1.54) is 44.9 Å². The van der Waals surface area contributed by atoms with Gasteiger partial charge in [-0.2, -0.15) is 0 Å². The van der Waals surface area contributed by atoms with Gasteiger partial charge in [0, 0.05) is 12.1 Å². The zero-order valence-electron chi connectivity index (χ0n) is 9.76. The van der Waals surface area contributed by atoms with E-state index < -0.39 is 0 Å². The summed E-state index contributed by atoms with van der Waals surface area (Å²) in [7, 11) is 0. The minimum absolute atomic E-state index is 0.839. The molecule has 0 aromatic rings. The zero-order valence-corrected chi connectivity index (χ0v) is 9.76. The van der Waals surface area contributed by atoms with Crippen molar-refractivity contribution < 1.29 is 0 Å². The molecule has 1 aliphatic heterocycles. The first kappa shape index (κ1) is 10.5. The molecule has 0 spiro atoms. The van der Waals surface area contributed by atoms with Crippen LogP contribution >= 0.6 is 0 Å². The first-order chi connectivity index (χ1) is 6.81. The average Bonchev–Trinajstić information content (AvgIpc) is 2.18. The van der Waals surface area contributed by atoms with E-state index in [0.29, 0.717) is 0 Å². The fraction of sp³-hybridized carbons (Fsp3) is 1.00. The van der Waals surface area contributed by atoms with Gasteiger partial charge in [-0.3, -0.25) is 0 Å². The molecule has 14 heavy (non-hydrogen) atoms. The minimum atomic E-state index is 0.839. The van der Waals surface area contributed by atoms with E-state index >= 15 is 0 Å². The first-order valence-electron chi connectivity index (χ1n) is 6.57. The molecule has 2 fully saturated rings. The highest BCUT2D eigenvalue weighted by atomic mass is 15.0. The molecule has 1 saturated carbocycles. The van der Waals surface area contributed by atoms with Gasteiger partial charge in [0.05, 0.1) is 0 Å². The third-order valence-electron chi connectivity index (χ3n) is 4.36. The quantitative estimate of drug-likeness (QED) is 0.712. The molecule has 82 valence electrons. The van der Waals surface area contributed by atoms with Gasteiger partial charge in [-0.15, -0.1) is 0 Å². The van der Waals surface area contributed by atoms with Gasteiger partial charge < -0.3 is 5.32 Å². The third-order valence-corrected chi connectivity index (χ3v) is 4.36. The van der Waals surface area contributed by atoms with Crippen LogP contribution in [0.4, 0.5) is 0 Å². The van der Waals surface area contributed by atoms with Crippen molar-refractivity contribution in [1.29, 1.82) is 0 Å². The Morgan fingerprint density at radius 2 is 2.00 bits per heavy atom. The molecule has 0 radical (unpaired) electrons. The largest absolute Gasteiger partial charge is 0.311 e. The van der Waals surface area contributed by atoms with Crippen molar-refractivity contribution >= 4 is 0 Å². The minimum Gasteiger partial charge on any atom is -0.311 e. The van der Waals surface area contributed by atoms with E-state index in [1.54, 1.807) is 0 Å². The van der Waals surface area contributed by atoms with Crippen molar-refractivity contribution in [2.45, 2.75) is 70.9 Å². The highest BCUT2D eigenvalue weighted by Crippen LogP contribution is 2.36. The van der Waals surface area contributed by atoms with Gasteiger partial charge in [0.1, 0.15) is 0 Å². The Kier molecular flexibility index (Phi) is 3.48. The van der Waals surface area contributed by atoms with Crippen LogP contribution in [-0.4, -0.2) is 12.1 Å². The fourth-order valence-corrected chi connectivity index (χ4v) is 3.53. The fourth-order valence-electron chi connectivity index (χ4n) is 3.53. The van der Waals surface area contributed by atoms with E-state index in [1.807, 2.05) is 0 Å². The summed E-state index contributed by atoms with van der Waals surface area (Å²) >= 11 is 0. The predicted octanol–water partition coefficient (Wildman–Crippen LogP) is 3.34. The lowest BCUT2D eigenvalue weighted by atomic mass is 9.71. The lowest BCUT2D eigenvalue weighted by Crippen LogP contribution is -2.50.